The van der Waals surface area contributed by atoms with Crippen molar-refractivity contribution in [1.29, 1.82) is 0 Å². The fraction of sp³-hybridized carbons (Fsp3) is 0.700. The molecule has 1 aliphatic rings. The van der Waals surface area contributed by atoms with Gasteiger partial charge in [-0.05, 0) is 12.3 Å². The van der Waals surface area contributed by atoms with Crippen molar-refractivity contribution in [2.45, 2.75) is 38.6 Å². The third kappa shape index (κ3) is 1.87. The van der Waals surface area contributed by atoms with Crippen molar-refractivity contribution in [3.05, 3.63) is 18.7 Å². The number of nitrogens with zero attached hydrogens (tertiary/aromatic N) is 2. The van der Waals surface area contributed by atoms with Gasteiger partial charge in [-0.2, -0.15) is 0 Å². The Balaban J connectivity index is 1.74. The predicted molar refractivity (Wildman–Crippen MR) is 48.8 cm³/mol. The van der Waals surface area contributed by atoms with Crippen LogP contribution in [0.15, 0.2) is 18.7 Å². The Labute approximate surface area is 73.6 Å². The van der Waals surface area contributed by atoms with Crippen LogP contribution in [0.4, 0.5) is 0 Å². The Morgan fingerprint density at radius 2 is 2.17 bits per heavy atom. The van der Waals surface area contributed by atoms with Crippen molar-refractivity contribution >= 4 is 0 Å². The zero-order valence-corrected chi connectivity index (χ0v) is 7.45. The van der Waals surface area contributed by atoms with Crippen LogP contribution in [0.2, 0.25) is 0 Å². The number of hydrogen-bond donors (Lipinski definition) is 0. The highest BCUT2D eigenvalue weighted by atomic mass is 15.0. The summed E-state index contributed by atoms with van der Waals surface area (Å²) in [5.74, 6) is 0.993. The lowest BCUT2D eigenvalue weighted by Crippen LogP contribution is -2.01. The van der Waals surface area contributed by atoms with E-state index in [1.54, 1.807) is 0 Å². The van der Waals surface area contributed by atoms with Gasteiger partial charge in [-0.15, -0.1) is 0 Å². The second kappa shape index (κ2) is 3.74. The van der Waals surface area contributed by atoms with Gasteiger partial charge in [0.2, 0.25) is 0 Å². The van der Waals surface area contributed by atoms with Gasteiger partial charge in [-0.3, -0.25) is 0 Å². The van der Waals surface area contributed by atoms with Crippen molar-refractivity contribution in [2.75, 3.05) is 0 Å². The van der Waals surface area contributed by atoms with Crippen molar-refractivity contribution in [3.8, 4) is 0 Å². The summed E-state index contributed by atoms with van der Waals surface area (Å²) in [5.41, 5.74) is 0. The quantitative estimate of drug-likeness (QED) is 0.671. The highest BCUT2D eigenvalue weighted by Crippen LogP contribution is 2.27. The molecule has 0 amide bonds. The maximum atomic E-state index is 4.03. The van der Waals surface area contributed by atoms with E-state index in [1.165, 1.54) is 32.1 Å². The van der Waals surface area contributed by atoms with Gasteiger partial charge >= 0.3 is 0 Å². The third-order valence-corrected chi connectivity index (χ3v) is 2.83. The van der Waals surface area contributed by atoms with E-state index >= 15 is 0 Å². The smallest absolute Gasteiger partial charge is 0.0945 e. The summed E-state index contributed by atoms with van der Waals surface area (Å²) in [6.07, 6.45) is 13.0. The van der Waals surface area contributed by atoms with Crippen molar-refractivity contribution in [1.82, 2.24) is 9.55 Å². The molecule has 0 unspecified atom stereocenters. The summed E-state index contributed by atoms with van der Waals surface area (Å²) in [6, 6.07) is 0. The van der Waals surface area contributed by atoms with E-state index in [0.717, 1.165) is 12.5 Å². The molecule has 12 heavy (non-hydrogen) atoms. The molecular formula is C10H16N2. The average molecular weight is 164 g/mol. The van der Waals surface area contributed by atoms with Crippen LogP contribution in [0.1, 0.15) is 32.1 Å². The average Bonchev–Trinajstić information content (AvgIpc) is 2.74. The largest absolute Gasteiger partial charge is 0.337 e. The molecule has 0 N–H and O–H groups in total. The molecular weight excluding hydrogens is 148 g/mol. The Kier molecular flexibility index (Phi) is 2.45. The van der Waals surface area contributed by atoms with E-state index < -0.39 is 0 Å². The van der Waals surface area contributed by atoms with E-state index in [2.05, 4.69) is 15.7 Å². The standard InChI is InChI=1S/C10H16N2/c1-2-4-10(3-1)5-7-12-8-6-11-9-12/h6,8-10H,1-5,7H2. The molecule has 1 aromatic rings. The van der Waals surface area contributed by atoms with Gasteiger partial charge in [0.1, 0.15) is 0 Å². The maximum Gasteiger partial charge on any atom is 0.0945 e. The molecule has 0 aromatic carbocycles. The zero-order chi connectivity index (χ0) is 8.23. The Bertz CT molecular complexity index is 210. The number of hydrogen-bond acceptors (Lipinski definition) is 1. The van der Waals surface area contributed by atoms with Gasteiger partial charge < -0.3 is 4.57 Å². The van der Waals surface area contributed by atoms with Gasteiger partial charge in [0.25, 0.3) is 0 Å². The number of aromatic nitrogens is 2. The van der Waals surface area contributed by atoms with E-state index in [1.807, 2.05) is 12.5 Å². The minimum Gasteiger partial charge on any atom is -0.337 e. The Morgan fingerprint density at radius 1 is 1.33 bits per heavy atom. The molecule has 2 nitrogen and oxygen atoms in total. The minimum atomic E-state index is 0.993. The monoisotopic (exact) mass is 164 g/mol. The normalized spacial score (nSPS) is 18.7. The Morgan fingerprint density at radius 3 is 2.83 bits per heavy atom. The molecule has 2 rings (SSSR count). The number of imidazole rings is 1. The third-order valence-electron chi connectivity index (χ3n) is 2.83. The van der Waals surface area contributed by atoms with Crippen LogP contribution in [0.5, 0.6) is 0 Å². The molecule has 1 aromatic heterocycles. The van der Waals surface area contributed by atoms with Crippen LogP contribution >= 0.6 is 0 Å². The molecule has 2 heteroatoms. The van der Waals surface area contributed by atoms with Crippen LogP contribution < -0.4 is 0 Å². The molecule has 0 atom stereocenters. The highest BCUT2D eigenvalue weighted by Gasteiger charge is 2.13. The molecule has 0 spiro atoms. The molecule has 0 aliphatic heterocycles. The first kappa shape index (κ1) is 7.84. The summed E-state index contributed by atoms with van der Waals surface area (Å²) in [5, 5.41) is 0. The van der Waals surface area contributed by atoms with E-state index in [4.69, 9.17) is 0 Å². The fourth-order valence-corrected chi connectivity index (χ4v) is 2.05. The molecule has 1 aliphatic carbocycles. The van der Waals surface area contributed by atoms with Crippen LogP contribution in [-0.4, -0.2) is 9.55 Å². The second-order valence-electron chi connectivity index (χ2n) is 3.74. The lowest BCUT2D eigenvalue weighted by Gasteiger charge is -2.08. The molecule has 0 radical (unpaired) electrons. The van der Waals surface area contributed by atoms with Crippen LogP contribution in [0.25, 0.3) is 0 Å². The molecule has 0 saturated heterocycles. The summed E-state index contributed by atoms with van der Waals surface area (Å²) in [7, 11) is 0. The summed E-state index contributed by atoms with van der Waals surface area (Å²) in [4.78, 5) is 4.03. The van der Waals surface area contributed by atoms with Crippen LogP contribution in [-0.2, 0) is 6.54 Å². The molecule has 0 bridgehead atoms. The zero-order valence-electron chi connectivity index (χ0n) is 7.45. The van der Waals surface area contributed by atoms with Gasteiger partial charge in [-0.1, -0.05) is 25.7 Å². The lowest BCUT2D eigenvalue weighted by molar-refractivity contribution is 0.458. The first-order valence-electron chi connectivity index (χ1n) is 4.91. The van der Waals surface area contributed by atoms with Crippen molar-refractivity contribution in [3.63, 3.8) is 0 Å². The summed E-state index contributed by atoms with van der Waals surface area (Å²) < 4.78 is 2.18. The summed E-state index contributed by atoms with van der Waals surface area (Å²) >= 11 is 0. The van der Waals surface area contributed by atoms with E-state index in [9.17, 15) is 0 Å². The van der Waals surface area contributed by atoms with Gasteiger partial charge in [0.05, 0.1) is 6.33 Å². The van der Waals surface area contributed by atoms with E-state index in [0.29, 0.717) is 0 Å². The van der Waals surface area contributed by atoms with Crippen LogP contribution in [0.3, 0.4) is 0 Å². The second-order valence-corrected chi connectivity index (χ2v) is 3.74. The van der Waals surface area contributed by atoms with Gasteiger partial charge in [0.15, 0.2) is 0 Å². The van der Waals surface area contributed by atoms with Crippen LogP contribution in [0, 0.1) is 5.92 Å². The first-order chi connectivity index (χ1) is 5.95. The topological polar surface area (TPSA) is 17.8 Å². The fourth-order valence-electron chi connectivity index (χ4n) is 2.05. The Hall–Kier alpha value is -0.790. The SMILES string of the molecule is c1cn(CCC2CCCC2)cn1. The molecule has 1 fully saturated rings. The number of aryl methyl sites for hydroxylation is 1. The lowest BCUT2D eigenvalue weighted by atomic mass is 10.0. The number of rotatable bonds is 3. The van der Waals surface area contributed by atoms with Crippen molar-refractivity contribution < 1.29 is 0 Å². The summed E-state index contributed by atoms with van der Waals surface area (Å²) in [6.45, 7) is 1.16. The highest BCUT2D eigenvalue weighted by molar-refractivity contribution is 4.75. The minimum absolute atomic E-state index is 0.993. The molecule has 1 heterocycles. The maximum absolute atomic E-state index is 4.03. The van der Waals surface area contributed by atoms with Gasteiger partial charge in [0, 0.05) is 18.9 Å². The molecule has 1 saturated carbocycles. The predicted octanol–water partition coefficient (Wildman–Crippen LogP) is 2.46. The van der Waals surface area contributed by atoms with Gasteiger partial charge in [-0.25, -0.2) is 4.98 Å². The van der Waals surface area contributed by atoms with Crippen molar-refractivity contribution in [2.24, 2.45) is 5.92 Å². The van der Waals surface area contributed by atoms with E-state index in [-0.39, 0.29) is 0 Å². The molecule has 66 valence electrons. The first-order valence-corrected chi connectivity index (χ1v) is 4.91.